The van der Waals surface area contributed by atoms with E-state index in [1.54, 1.807) is 16.7 Å². The highest BCUT2D eigenvalue weighted by Crippen LogP contribution is 2.27. The van der Waals surface area contributed by atoms with Crippen molar-refractivity contribution in [3.05, 3.63) is 41.7 Å². The maximum Gasteiger partial charge on any atom is 0.259 e. The van der Waals surface area contributed by atoms with Crippen LogP contribution in [0.1, 0.15) is 29.0 Å². The van der Waals surface area contributed by atoms with Crippen LogP contribution in [0.25, 0.3) is 11.3 Å². The van der Waals surface area contributed by atoms with Gasteiger partial charge in [0.15, 0.2) is 0 Å². The summed E-state index contributed by atoms with van der Waals surface area (Å²) in [5.41, 5.74) is 1.92. The number of carbonyl (C=O) groups excluding carboxylic acids is 2. The first kappa shape index (κ1) is 17.7. The number of amides is 2. The number of benzene rings is 1. The predicted octanol–water partition coefficient (Wildman–Crippen LogP) is 2.11. The average Bonchev–Trinajstić information content (AvgIpc) is 3.38. The third-order valence-electron chi connectivity index (χ3n) is 5.21. The molecule has 2 aliphatic heterocycles. The van der Waals surface area contributed by atoms with Crippen molar-refractivity contribution in [2.45, 2.75) is 25.9 Å². The Morgan fingerprint density at radius 1 is 1.07 bits per heavy atom. The van der Waals surface area contributed by atoms with Crippen LogP contribution >= 0.6 is 0 Å². The van der Waals surface area contributed by atoms with E-state index in [1.807, 2.05) is 30.3 Å². The van der Waals surface area contributed by atoms with Gasteiger partial charge in [-0.05, 0) is 19.8 Å². The summed E-state index contributed by atoms with van der Waals surface area (Å²) in [4.78, 5) is 29.2. The molecule has 7 heteroatoms. The molecule has 142 valence electrons. The van der Waals surface area contributed by atoms with Gasteiger partial charge in [0.05, 0.1) is 0 Å². The summed E-state index contributed by atoms with van der Waals surface area (Å²) in [5, 5.41) is 4.09. The average molecular weight is 369 g/mol. The number of rotatable bonds is 3. The molecule has 0 aliphatic carbocycles. The molecule has 3 heterocycles. The molecule has 4 rings (SSSR count). The molecule has 1 atom stereocenters. The molecule has 0 radical (unpaired) electrons. The number of hydrogen-bond donors (Lipinski definition) is 0. The normalized spacial score (nSPS) is 20.1. The van der Waals surface area contributed by atoms with Crippen molar-refractivity contribution in [2.75, 3.05) is 32.8 Å². The molecule has 7 nitrogen and oxygen atoms in total. The SMILES string of the molecule is Cc1onc(-c2ccccc2)c1C(=O)N1CCN(C(=O)C2CCCO2)CC1. The van der Waals surface area contributed by atoms with E-state index in [9.17, 15) is 9.59 Å². The highest BCUT2D eigenvalue weighted by atomic mass is 16.5. The first-order valence-electron chi connectivity index (χ1n) is 9.36. The number of hydrogen-bond acceptors (Lipinski definition) is 5. The summed E-state index contributed by atoms with van der Waals surface area (Å²) in [6.45, 7) is 4.45. The van der Waals surface area contributed by atoms with Gasteiger partial charge in [0, 0.05) is 38.3 Å². The first-order valence-corrected chi connectivity index (χ1v) is 9.36. The first-order chi connectivity index (χ1) is 13.1. The molecule has 1 aromatic heterocycles. The quantitative estimate of drug-likeness (QED) is 0.828. The largest absolute Gasteiger partial charge is 0.368 e. The van der Waals surface area contributed by atoms with E-state index < -0.39 is 0 Å². The van der Waals surface area contributed by atoms with Crippen molar-refractivity contribution in [1.82, 2.24) is 15.0 Å². The zero-order valence-corrected chi connectivity index (χ0v) is 15.4. The Bertz CT molecular complexity index is 819. The molecule has 1 unspecified atom stereocenters. The van der Waals surface area contributed by atoms with E-state index in [4.69, 9.17) is 9.26 Å². The molecule has 2 amide bonds. The molecule has 1 aromatic carbocycles. The molecule has 0 spiro atoms. The van der Waals surface area contributed by atoms with Gasteiger partial charge < -0.3 is 19.1 Å². The van der Waals surface area contributed by atoms with Crippen molar-refractivity contribution < 1.29 is 18.8 Å². The maximum atomic E-state index is 13.1. The Morgan fingerprint density at radius 3 is 2.44 bits per heavy atom. The lowest BCUT2D eigenvalue weighted by atomic mass is 10.0. The van der Waals surface area contributed by atoms with Gasteiger partial charge in [-0.25, -0.2) is 0 Å². The summed E-state index contributed by atoms with van der Waals surface area (Å²) < 4.78 is 10.8. The van der Waals surface area contributed by atoms with Crippen LogP contribution < -0.4 is 0 Å². The third kappa shape index (κ3) is 3.47. The van der Waals surface area contributed by atoms with Crippen LogP contribution in [0.2, 0.25) is 0 Å². The topological polar surface area (TPSA) is 75.9 Å². The van der Waals surface area contributed by atoms with Crippen LogP contribution in [-0.2, 0) is 9.53 Å². The molecular formula is C20H23N3O4. The second kappa shape index (κ2) is 7.52. The van der Waals surface area contributed by atoms with Crippen LogP contribution in [0.4, 0.5) is 0 Å². The zero-order valence-electron chi connectivity index (χ0n) is 15.4. The predicted molar refractivity (Wildman–Crippen MR) is 98.1 cm³/mol. The van der Waals surface area contributed by atoms with Crippen LogP contribution in [0.3, 0.4) is 0 Å². The van der Waals surface area contributed by atoms with Gasteiger partial charge in [-0.3, -0.25) is 9.59 Å². The Labute approximate surface area is 157 Å². The molecule has 2 saturated heterocycles. The van der Waals surface area contributed by atoms with Gasteiger partial charge in [-0.1, -0.05) is 35.5 Å². The molecule has 27 heavy (non-hydrogen) atoms. The standard InChI is InChI=1S/C20H23N3O4/c1-14-17(18(21-27-14)15-6-3-2-4-7-15)20(25)23-11-9-22(10-12-23)19(24)16-8-5-13-26-16/h2-4,6-7,16H,5,8-13H2,1H3. The number of aromatic nitrogens is 1. The number of piperazine rings is 1. The Balaban J connectivity index is 1.46. The van der Waals surface area contributed by atoms with Gasteiger partial charge in [0.2, 0.25) is 0 Å². The van der Waals surface area contributed by atoms with E-state index in [-0.39, 0.29) is 17.9 Å². The molecular weight excluding hydrogens is 346 g/mol. The van der Waals surface area contributed by atoms with Crippen LogP contribution in [0, 0.1) is 6.92 Å². The van der Waals surface area contributed by atoms with E-state index >= 15 is 0 Å². The van der Waals surface area contributed by atoms with E-state index in [0.29, 0.717) is 49.8 Å². The fraction of sp³-hybridized carbons (Fsp3) is 0.450. The Kier molecular flexibility index (Phi) is 4.94. The monoisotopic (exact) mass is 369 g/mol. The lowest BCUT2D eigenvalue weighted by Crippen LogP contribution is -2.52. The molecule has 0 N–H and O–H groups in total. The van der Waals surface area contributed by atoms with Crippen molar-refractivity contribution in [3.63, 3.8) is 0 Å². The molecule has 0 bridgehead atoms. The summed E-state index contributed by atoms with van der Waals surface area (Å²) >= 11 is 0. The summed E-state index contributed by atoms with van der Waals surface area (Å²) in [6, 6.07) is 9.55. The number of carbonyl (C=O) groups is 2. The zero-order chi connectivity index (χ0) is 18.8. The van der Waals surface area contributed by atoms with Crippen molar-refractivity contribution >= 4 is 11.8 Å². The van der Waals surface area contributed by atoms with Crippen molar-refractivity contribution in [3.8, 4) is 11.3 Å². The second-order valence-corrected chi connectivity index (χ2v) is 6.95. The maximum absolute atomic E-state index is 13.1. The van der Waals surface area contributed by atoms with Gasteiger partial charge >= 0.3 is 0 Å². The van der Waals surface area contributed by atoms with Gasteiger partial charge in [0.1, 0.15) is 23.1 Å². The third-order valence-corrected chi connectivity index (χ3v) is 5.21. The van der Waals surface area contributed by atoms with Crippen LogP contribution in [-0.4, -0.2) is 65.7 Å². The van der Waals surface area contributed by atoms with Crippen LogP contribution in [0.5, 0.6) is 0 Å². The minimum Gasteiger partial charge on any atom is -0.368 e. The fourth-order valence-electron chi connectivity index (χ4n) is 3.68. The van der Waals surface area contributed by atoms with E-state index in [0.717, 1.165) is 18.4 Å². The van der Waals surface area contributed by atoms with Gasteiger partial charge in [-0.15, -0.1) is 0 Å². The van der Waals surface area contributed by atoms with E-state index in [1.165, 1.54) is 0 Å². The highest BCUT2D eigenvalue weighted by Gasteiger charge is 2.33. The lowest BCUT2D eigenvalue weighted by molar-refractivity contribution is -0.142. The Hall–Kier alpha value is -2.67. The number of ether oxygens (including phenoxy) is 1. The smallest absolute Gasteiger partial charge is 0.259 e. The molecule has 0 saturated carbocycles. The summed E-state index contributed by atoms with van der Waals surface area (Å²) in [6.07, 6.45) is 1.42. The number of aryl methyl sites for hydroxylation is 1. The highest BCUT2D eigenvalue weighted by molar-refractivity contribution is 6.01. The molecule has 2 fully saturated rings. The lowest BCUT2D eigenvalue weighted by Gasteiger charge is -2.35. The van der Waals surface area contributed by atoms with Crippen LogP contribution in [0.15, 0.2) is 34.9 Å². The number of nitrogens with zero attached hydrogens (tertiary/aromatic N) is 3. The fourth-order valence-corrected chi connectivity index (χ4v) is 3.68. The van der Waals surface area contributed by atoms with Crippen molar-refractivity contribution in [1.29, 1.82) is 0 Å². The molecule has 2 aromatic rings. The van der Waals surface area contributed by atoms with E-state index in [2.05, 4.69) is 5.16 Å². The van der Waals surface area contributed by atoms with Gasteiger partial charge in [-0.2, -0.15) is 0 Å². The minimum atomic E-state index is -0.308. The molecule has 2 aliphatic rings. The minimum absolute atomic E-state index is 0.0470. The van der Waals surface area contributed by atoms with Gasteiger partial charge in [0.25, 0.3) is 11.8 Å². The second-order valence-electron chi connectivity index (χ2n) is 6.95. The summed E-state index contributed by atoms with van der Waals surface area (Å²) in [7, 11) is 0. The van der Waals surface area contributed by atoms with Crippen molar-refractivity contribution in [2.24, 2.45) is 0 Å². The summed E-state index contributed by atoms with van der Waals surface area (Å²) in [5.74, 6) is 0.458. The Morgan fingerprint density at radius 2 is 1.78 bits per heavy atom.